The number of halogens is 1. The number of rotatable bonds is 3. The van der Waals surface area contributed by atoms with E-state index in [2.05, 4.69) is 10.6 Å². The number of carbonyl (C=O) groups is 1. The number of hydrogen-bond donors (Lipinski definition) is 2. The lowest BCUT2D eigenvalue weighted by Gasteiger charge is -2.36. The van der Waals surface area contributed by atoms with Gasteiger partial charge >= 0.3 is 0 Å². The first-order valence-electron chi connectivity index (χ1n) is 6.44. The van der Waals surface area contributed by atoms with Crippen molar-refractivity contribution in [3.05, 3.63) is 24.2 Å². The summed E-state index contributed by atoms with van der Waals surface area (Å²) in [5, 5.41) is 6.27. The highest BCUT2D eigenvalue weighted by Gasteiger charge is 2.51. The summed E-state index contributed by atoms with van der Waals surface area (Å²) in [5.41, 5.74) is -0.384. The zero-order chi connectivity index (χ0) is 12.4. The molecule has 0 radical (unpaired) electrons. The Hall–Kier alpha value is -1.04. The first-order chi connectivity index (χ1) is 8.81. The lowest BCUT2D eigenvalue weighted by atomic mass is 9.76. The third kappa shape index (κ3) is 2.63. The lowest BCUT2D eigenvalue weighted by molar-refractivity contribution is -0.135. The van der Waals surface area contributed by atoms with Crippen LogP contribution in [0.1, 0.15) is 18.6 Å². The summed E-state index contributed by atoms with van der Waals surface area (Å²) in [6, 6.07) is 3.68. The van der Waals surface area contributed by atoms with Gasteiger partial charge in [-0.2, -0.15) is 0 Å². The predicted molar refractivity (Wildman–Crippen MR) is 72.1 cm³/mol. The molecule has 3 heterocycles. The van der Waals surface area contributed by atoms with Gasteiger partial charge in [-0.05, 0) is 31.5 Å². The van der Waals surface area contributed by atoms with Crippen molar-refractivity contribution in [3.63, 3.8) is 0 Å². The zero-order valence-electron chi connectivity index (χ0n) is 10.7. The highest BCUT2D eigenvalue weighted by molar-refractivity contribution is 5.85. The Morgan fingerprint density at radius 3 is 3.26 bits per heavy atom. The molecule has 2 saturated heterocycles. The molecule has 6 heteroatoms. The van der Waals surface area contributed by atoms with Crippen LogP contribution in [0.2, 0.25) is 0 Å². The number of furan rings is 1. The SMILES string of the molecule is Cl.O=C(NCc1ccco1)[C@@]12CCO[C@@H]1CCNC2. The summed E-state index contributed by atoms with van der Waals surface area (Å²) >= 11 is 0. The zero-order valence-corrected chi connectivity index (χ0v) is 11.5. The second-order valence-corrected chi connectivity index (χ2v) is 4.99. The standard InChI is InChI=1S/C13H18N2O3.ClH/c16-12(15-8-10-2-1-6-17-10)13-4-7-18-11(13)3-5-14-9-13;/h1-2,6,11,14H,3-5,7-9H2,(H,15,16);1H/t11-,13-;/m1./s1. The molecule has 2 aliphatic rings. The van der Waals surface area contributed by atoms with Crippen LogP contribution < -0.4 is 10.6 Å². The normalized spacial score (nSPS) is 29.4. The highest BCUT2D eigenvalue weighted by Crippen LogP contribution is 2.38. The average molecular weight is 287 g/mol. The summed E-state index contributed by atoms with van der Waals surface area (Å²) in [5.74, 6) is 0.854. The molecule has 19 heavy (non-hydrogen) atoms. The number of amides is 1. The molecule has 0 aromatic carbocycles. The van der Waals surface area contributed by atoms with Crippen molar-refractivity contribution in [2.24, 2.45) is 5.41 Å². The number of fused-ring (bicyclic) bond motifs is 1. The van der Waals surface area contributed by atoms with Crippen LogP contribution in [0.4, 0.5) is 0 Å². The molecule has 2 fully saturated rings. The van der Waals surface area contributed by atoms with Gasteiger partial charge < -0.3 is 19.8 Å². The molecule has 0 bridgehead atoms. The van der Waals surface area contributed by atoms with Gasteiger partial charge in [-0.3, -0.25) is 4.79 Å². The van der Waals surface area contributed by atoms with Crippen molar-refractivity contribution >= 4 is 18.3 Å². The molecule has 106 valence electrons. The molecule has 2 N–H and O–H groups in total. The first kappa shape index (κ1) is 14.4. The smallest absolute Gasteiger partial charge is 0.230 e. The van der Waals surface area contributed by atoms with Gasteiger partial charge in [-0.25, -0.2) is 0 Å². The summed E-state index contributed by atoms with van der Waals surface area (Å²) in [6.07, 6.45) is 3.39. The fourth-order valence-corrected chi connectivity index (χ4v) is 2.91. The average Bonchev–Trinajstić information content (AvgIpc) is 3.05. The third-order valence-corrected chi connectivity index (χ3v) is 3.96. The first-order valence-corrected chi connectivity index (χ1v) is 6.44. The van der Waals surface area contributed by atoms with E-state index >= 15 is 0 Å². The molecule has 1 amide bonds. The van der Waals surface area contributed by atoms with Crippen LogP contribution in [0.15, 0.2) is 22.8 Å². The molecule has 5 nitrogen and oxygen atoms in total. The van der Waals surface area contributed by atoms with Gasteiger partial charge in [0.1, 0.15) is 5.76 Å². The van der Waals surface area contributed by atoms with Crippen LogP contribution in [0.25, 0.3) is 0 Å². The quantitative estimate of drug-likeness (QED) is 0.873. The number of piperidine rings is 1. The molecule has 0 unspecified atom stereocenters. The predicted octanol–water partition coefficient (Wildman–Crippen LogP) is 1.09. The van der Waals surface area contributed by atoms with Crippen LogP contribution >= 0.6 is 12.4 Å². The van der Waals surface area contributed by atoms with Gasteiger partial charge in [0.2, 0.25) is 5.91 Å². The Bertz CT molecular complexity index is 424. The van der Waals surface area contributed by atoms with Crippen LogP contribution in [0, 0.1) is 5.41 Å². The van der Waals surface area contributed by atoms with Crippen molar-refractivity contribution in [2.75, 3.05) is 19.7 Å². The van der Waals surface area contributed by atoms with Crippen molar-refractivity contribution < 1.29 is 13.9 Å². The van der Waals surface area contributed by atoms with Crippen LogP contribution in [0.3, 0.4) is 0 Å². The molecule has 0 aliphatic carbocycles. The van der Waals surface area contributed by atoms with Crippen LogP contribution in [0.5, 0.6) is 0 Å². The van der Waals surface area contributed by atoms with Gasteiger partial charge in [0.15, 0.2) is 0 Å². The maximum Gasteiger partial charge on any atom is 0.230 e. The fraction of sp³-hybridized carbons (Fsp3) is 0.615. The molecule has 0 saturated carbocycles. The monoisotopic (exact) mass is 286 g/mol. The molecular formula is C13H19ClN2O3. The Kier molecular flexibility index (Phi) is 4.50. The Labute approximate surface area is 118 Å². The maximum atomic E-state index is 12.4. The molecule has 0 spiro atoms. The number of carbonyl (C=O) groups excluding carboxylic acids is 1. The summed E-state index contributed by atoms with van der Waals surface area (Å²) in [7, 11) is 0. The summed E-state index contributed by atoms with van der Waals surface area (Å²) in [6.45, 7) is 2.76. The molecule has 1 aromatic rings. The van der Waals surface area contributed by atoms with E-state index in [1.807, 2.05) is 12.1 Å². The van der Waals surface area contributed by atoms with Crippen molar-refractivity contribution in [1.29, 1.82) is 0 Å². The minimum absolute atomic E-state index is 0. The highest BCUT2D eigenvalue weighted by atomic mass is 35.5. The van der Waals surface area contributed by atoms with Crippen LogP contribution in [-0.4, -0.2) is 31.7 Å². The Balaban J connectivity index is 0.00000133. The number of nitrogens with one attached hydrogen (secondary N) is 2. The minimum Gasteiger partial charge on any atom is -0.467 e. The van der Waals surface area contributed by atoms with Gasteiger partial charge in [-0.1, -0.05) is 0 Å². The number of ether oxygens (including phenoxy) is 1. The topological polar surface area (TPSA) is 63.5 Å². The van der Waals surface area contributed by atoms with E-state index in [4.69, 9.17) is 9.15 Å². The van der Waals surface area contributed by atoms with E-state index in [0.717, 1.165) is 25.1 Å². The van der Waals surface area contributed by atoms with E-state index in [9.17, 15) is 4.79 Å². The Morgan fingerprint density at radius 1 is 1.58 bits per heavy atom. The van der Waals surface area contributed by atoms with E-state index in [1.54, 1.807) is 6.26 Å². The molecule has 3 rings (SSSR count). The second-order valence-electron chi connectivity index (χ2n) is 4.99. The van der Waals surface area contributed by atoms with Gasteiger partial charge in [-0.15, -0.1) is 12.4 Å². The molecular weight excluding hydrogens is 268 g/mol. The van der Waals surface area contributed by atoms with Crippen LogP contribution in [-0.2, 0) is 16.1 Å². The minimum atomic E-state index is -0.384. The van der Waals surface area contributed by atoms with Crippen molar-refractivity contribution in [1.82, 2.24) is 10.6 Å². The lowest BCUT2D eigenvalue weighted by Crippen LogP contribution is -2.55. The fourth-order valence-electron chi connectivity index (χ4n) is 2.91. The summed E-state index contributed by atoms with van der Waals surface area (Å²) < 4.78 is 10.9. The summed E-state index contributed by atoms with van der Waals surface area (Å²) in [4.78, 5) is 12.4. The van der Waals surface area contributed by atoms with Gasteiger partial charge in [0.05, 0.1) is 24.3 Å². The molecule has 2 atom stereocenters. The van der Waals surface area contributed by atoms with E-state index in [1.165, 1.54) is 0 Å². The maximum absolute atomic E-state index is 12.4. The second kappa shape index (κ2) is 5.94. The largest absolute Gasteiger partial charge is 0.467 e. The molecule has 2 aliphatic heterocycles. The van der Waals surface area contributed by atoms with Crippen molar-refractivity contribution in [3.8, 4) is 0 Å². The van der Waals surface area contributed by atoms with Gasteiger partial charge in [0, 0.05) is 13.2 Å². The third-order valence-electron chi connectivity index (χ3n) is 3.96. The number of hydrogen-bond acceptors (Lipinski definition) is 4. The van der Waals surface area contributed by atoms with E-state index in [-0.39, 0.29) is 29.8 Å². The van der Waals surface area contributed by atoms with Crippen molar-refractivity contribution in [2.45, 2.75) is 25.5 Å². The van der Waals surface area contributed by atoms with E-state index < -0.39 is 0 Å². The van der Waals surface area contributed by atoms with Gasteiger partial charge in [0.25, 0.3) is 0 Å². The Morgan fingerprint density at radius 2 is 2.47 bits per heavy atom. The molecule has 1 aromatic heterocycles. The van der Waals surface area contributed by atoms with E-state index in [0.29, 0.717) is 19.7 Å².